The Bertz CT molecular complexity index is 2150. The summed E-state index contributed by atoms with van der Waals surface area (Å²) >= 11 is 7.34. The lowest BCUT2D eigenvalue weighted by molar-refractivity contribution is -0.183. The molecule has 2 aromatic heterocycles. The lowest BCUT2D eigenvalue weighted by atomic mass is 9.88. The van der Waals surface area contributed by atoms with Crippen LogP contribution in [0.5, 0.6) is 11.5 Å². The zero-order chi connectivity index (χ0) is 37.2. The number of allylic oxidation sites excluding steroid dienone is 1. The van der Waals surface area contributed by atoms with Gasteiger partial charge >= 0.3 is 5.97 Å². The molecule has 0 spiro atoms. The number of para-hydroxylation sites is 1. The third-order valence-electron chi connectivity index (χ3n) is 8.96. The van der Waals surface area contributed by atoms with Crippen molar-refractivity contribution in [1.29, 1.82) is 0 Å². The maximum atomic E-state index is 13.3. The summed E-state index contributed by atoms with van der Waals surface area (Å²) in [6.45, 7) is 18.8. The molecule has 3 aromatic carbocycles. The van der Waals surface area contributed by atoms with E-state index >= 15 is 0 Å². The summed E-state index contributed by atoms with van der Waals surface area (Å²) in [7, 11) is 0. The fourth-order valence-electron chi connectivity index (χ4n) is 6.84. The summed E-state index contributed by atoms with van der Waals surface area (Å²) in [6, 6.07) is 21.7. The number of aryl methyl sites for hydroxylation is 1. The van der Waals surface area contributed by atoms with Gasteiger partial charge in [-0.3, -0.25) is 0 Å². The van der Waals surface area contributed by atoms with Crippen molar-refractivity contribution in [3.05, 3.63) is 108 Å². The number of aliphatic carboxylic acids is 1. The molecule has 1 aliphatic heterocycles. The number of ether oxygens (including phenoxy) is 3. The van der Waals surface area contributed by atoms with Gasteiger partial charge in [0.15, 0.2) is 11.2 Å². The zero-order valence-corrected chi connectivity index (χ0v) is 31.2. The first-order valence-corrected chi connectivity index (χ1v) is 17.8. The highest BCUT2D eigenvalue weighted by atomic mass is 35.5. The first kappa shape index (κ1) is 36.7. The summed E-state index contributed by atoms with van der Waals surface area (Å²) < 4.78 is 20.3. The van der Waals surface area contributed by atoms with Crippen molar-refractivity contribution in [3.8, 4) is 45.1 Å². The van der Waals surface area contributed by atoms with Gasteiger partial charge in [0.25, 0.3) is 0 Å². The zero-order valence-electron chi connectivity index (χ0n) is 30.4. The van der Waals surface area contributed by atoms with Crippen molar-refractivity contribution in [2.24, 2.45) is 0 Å². The van der Waals surface area contributed by atoms with E-state index in [0.717, 1.165) is 35.3 Å². The summed E-state index contributed by atoms with van der Waals surface area (Å²) in [4.78, 5) is 20.3. The summed E-state index contributed by atoms with van der Waals surface area (Å²) in [6.07, 6.45) is 5.47. The minimum absolute atomic E-state index is 0.349. The van der Waals surface area contributed by atoms with Crippen LogP contribution in [0, 0.1) is 6.92 Å². The van der Waals surface area contributed by atoms with E-state index in [1.54, 1.807) is 18.4 Å². The standard InChI is InChI=1S/C42H45ClN4O5/c1-8-10-13-23-50-33-18-12-11-17-30(33)28-15-14-16-29(25-28)32-26-35-44-27(3)36(42(7,40(48)49)52-41(4,5)6)38(47(35)45-32)31-19-20-34-39(37(31)43)46(21-9-2)22-24-51-34/h8-9,11-12,14-20,25-26H,1-2,10,13,21-24H2,3-7H3,(H,48,49)/t42-/m0/s1. The van der Waals surface area contributed by atoms with Crippen molar-refractivity contribution in [2.75, 3.05) is 31.2 Å². The molecule has 0 saturated heterocycles. The van der Waals surface area contributed by atoms with E-state index < -0.39 is 17.2 Å². The predicted octanol–water partition coefficient (Wildman–Crippen LogP) is 9.54. The number of unbranched alkanes of at least 4 members (excludes halogenated alkanes) is 1. The molecular formula is C42H45ClN4O5. The van der Waals surface area contributed by atoms with E-state index in [9.17, 15) is 9.90 Å². The Balaban J connectivity index is 1.57. The number of nitrogens with zero attached hydrogens (tertiary/aromatic N) is 4. The summed E-state index contributed by atoms with van der Waals surface area (Å²) in [5.41, 5.74) is 3.89. The van der Waals surface area contributed by atoms with Crippen LogP contribution in [0.2, 0.25) is 5.02 Å². The van der Waals surface area contributed by atoms with Crippen molar-refractivity contribution in [3.63, 3.8) is 0 Å². The van der Waals surface area contributed by atoms with Crippen molar-refractivity contribution in [1.82, 2.24) is 14.6 Å². The van der Waals surface area contributed by atoms with Gasteiger partial charge in [0.05, 0.1) is 40.9 Å². The Hall–Kier alpha value is -5.12. The largest absolute Gasteiger partial charge is 0.493 e. The van der Waals surface area contributed by atoms with Gasteiger partial charge in [0, 0.05) is 40.6 Å². The second kappa shape index (κ2) is 14.9. The van der Waals surface area contributed by atoms with Crippen LogP contribution in [-0.2, 0) is 15.1 Å². The second-order valence-electron chi connectivity index (χ2n) is 14.0. The number of halogens is 1. The van der Waals surface area contributed by atoms with E-state index in [4.69, 9.17) is 35.9 Å². The summed E-state index contributed by atoms with van der Waals surface area (Å²) in [5, 5.41) is 16.4. The van der Waals surface area contributed by atoms with Crippen LogP contribution < -0.4 is 14.4 Å². The number of rotatable bonds is 13. The molecule has 0 amide bonds. The van der Waals surface area contributed by atoms with Gasteiger partial charge in [0.2, 0.25) is 0 Å². The molecule has 0 radical (unpaired) electrons. The van der Waals surface area contributed by atoms with Crippen LogP contribution >= 0.6 is 11.6 Å². The quantitative estimate of drug-likeness (QED) is 0.0949. The number of carboxylic acid groups (broad SMARTS) is 1. The highest BCUT2D eigenvalue weighted by Gasteiger charge is 2.45. The molecule has 10 heteroatoms. The predicted molar refractivity (Wildman–Crippen MR) is 208 cm³/mol. The number of carboxylic acids is 1. The molecule has 3 heterocycles. The number of hydrogen-bond donors (Lipinski definition) is 1. The molecule has 1 N–H and O–H groups in total. The van der Waals surface area contributed by atoms with E-state index in [1.165, 1.54) is 0 Å². The molecular weight excluding hydrogens is 676 g/mol. The maximum absolute atomic E-state index is 13.3. The Morgan fingerprint density at radius 2 is 1.79 bits per heavy atom. The number of anilines is 1. The first-order valence-electron chi connectivity index (χ1n) is 17.5. The molecule has 6 rings (SSSR count). The van der Waals surface area contributed by atoms with E-state index in [0.29, 0.717) is 76.6 Å². The molecule has 1 aliphatic rings. The Kier molecular flexibility index (Phi) is 10.5. The van der Waals surface area contributed by atoms with Crippen molar-refractivity contribution < 1.29 is 24.1 Å². The van der Waals surface area contributed by atoms with Crippen LogP contribution in [0.3, 0.4) is 0 Å². The van der Waals surface area contributed by atoms with Gasteiger partial charge in [0.1, 0.15) is 18.1 Å². The van der Waals surface area contributed by atoms with Gasteiger partial charge in [-0.25, -0.2) is 14.3 Å². The normalized spacial score (nSPS) is 14.0. The molecule has 9 nitrogen and oxygen atoms in total. The lowest BCUT2D eigenvalue weighted by Crippen LogP contribution is -2.43. The molecule has 0 aliphatic carbocycles. The topological polar surface area (TPSA) is 98.4 Å². The van der Waals surface area contributed by atoms with E-state index in [-0.39, 0.29) is 0 Å². The SMILES string of the molecule is C=CCCCOc1ccccc1-c1cccc(-c2cc3nc(C)c([C@](C)(OC(C)(C)C)C(=O)O)c(-c4ccc5c(c4Cl)N(CC=C)CCO5)n3n2)c1. The van der Waals surface area contributed by atoms with Crippen LogP contribution in [0.1, 0.15) is 51.8 Å². The number of aromatic nitrogens is 3. The highest BCUT2D eigenvalue weighted by Crippen LogP contribution is 2.48. The minimum Gasteiger partial charge on any atom is -0.493 e. The minimum atomic E-state index is -1.82. The monoisotopic (exact) mass is 720 g/mol. The van der Waals surface area contributed by atoms with Crippen molar-refractivity contribution >= 4 is 28.9 Å². The first-order chi connectivity index (χ1) is 24.9. The Morgan fingerprint density at radius 3 is 2.52 bits per heavy atom. The van der Waals surface area contributed by atoms with Gasteiger partial charge in [-0.1, -0.05) is 60.2 Å². The van der Waals surface area contributed by atoms with Crippen LogP contribution in [-0.4, -0.2) is 57.6 Å². The molecule has 270 valence electrons. The van der Waals surface area contributed by atoms with Crippen LogP contribution in [0.25, 0.3) is 39.3 Å². The second-order valence-corrected chi connectivity index (χ2v) is 14.4. The van der Waals surface area contributed by atoms with Gasteiger partial charge in [-0.05, 0) is 77.3 Å². The number of benzene rings is 3. The molecule has 0 fully saturated rings. The van der Waals surface area contributed by atoms with E-state index in [2.05, 4.69) is 24.1 Å². The maximum Gasteiger partial charge on any atom is 0.340 e. The average molecular weight is 721 g/mol. The Labute approximate surface area is 310 Å². The lowest BCUT2D eigenvalue weighted by Gasteiger charge is -2.36. The van der Waals surface area contributed by atoms with Gasteiger partial charge < -0.3 is 24.2 Å². The molecule has 5 aromatic rings. The number of carbonyl (C=O) groups is 1. The van der Waals surface area contributed by atoms with Gasteiger partial charge in [-0.15, -0.1) is 13.2 Å². The van der Waals surface area contributed by atoms with Gasteiger partial charge in [-0.2, -0.15) is 5.10 Å². The molecule has 52 heavy (non-hydrogen) atoms. The average Bonchev–Trinajstić information content (AvgIpc) is 3.53. The van der Waals surface area contributed by atoms with Crippen LogP contribution in [0.15, 0.2) is 92.0 Å². The molecule has 1 atom stereocenters. The molecule has 0 unspecified atom stereocenters. The molecule has 0 saturated carbocycles. The highest BCUT2D eigenvalue weighted by molar-refractivity contribution is 6.36. The number of fused-ring (bicyclic) bond motifs is 2. The fourth-order valence-corrected chi connectivity index (χ4v) is 7.20. The fraction of sp³-hybridized carbons (Fsp3) is 0.310. The molecule has 0 bridgehead atoms. The number of hydrogen-bond acceptors (Lipinski definition) is 7. The third-order valence-corrected chi connectivity index (χ3v) is 9.35. The van der Waals surface area contributed by atoms with E-state index in [1.807, 2.05) is 93.6 Å². The van der Waals surface area contributed by atoms with Crippen molar-refractivity contribution in [2.45, 2.75) is 58.7 Å². The summed E-state index contributed by atoms with van der Waals surface area (Å²) in [5.74, 6) is 0.274. The van der Waals surface area contributed by atoms with Crippen LogP contribution in [0.4, 0.5) is 5.69 Å². The Morgan fingerprint density at radius 1 is 1.02 bits per heavy atom. The third kappa shape index (κ3) is 7.16. The smallest absolute Gasteiger partial charge is 0.340 e.